The van der Waals surface area contributed by atoms with Crippen LogP contribution < -0.4 is 20.1 Å². The first kappa shape index (κ1) is 22.9. The molecule has 0 aliphatic heterocycles. The van der Waals surface area contributed by atoms with Crippen LogP contribution in [0.1, 0.15) is 29.7 Å². The minimum atomic E-state index is -4.39. The summed E-state index contributed by atoms with van der Waals surface area (Å²) in [5.74, 6) is 7.43. The number of guanidine groups is 1. The number of benzene rings is 2. The molecule has 0 heterocycles. The van der Waals surface area contributed by atoms with Gasteiger partial charge in [-0.15, -0.1) is 0 Å². The van der Waals surface area contributed by atoms with Crippen LogP contribution >= 0.6 is 0 Å². The Morgan fingerprint density at radius 2 is 1.90 bits per heavy atom. The van der Waals surface area contributed by atoms with Crippen molar-refractivity contribution in [1.29, 1.82) is 0 Å². The Morgan fingerprint density at radius 3 is 2.53 bits per heavy atom. The van der Waals surface area contributed by atoms with Crippen molar-refractivity contribution in [2.45, 2.75) is 19.1 Å². The van der Waals surface area contributed by atoms with E-state index in [0.717, 1.165) is 17.7 Å². The topological polar surface area (TPSA) is 54.9 Å². The van der Waals surface area contributed by atoms with E-state index in [4.69, 9.17) is 9.47 Å². The summed E-state index contributed by atoms with van der Waals surface area (Å²) in [4.78, 5) is 4.15. The van der Waals surface area contributed by atoms with Crippen molar-refractivity contribution in [1.82, 2.24) is 10.6 Å². The summed E-state index contributed by atoms with van der Waals surface area (Å²) in [7, 11) is 4.80. The first-order valence-electron chi connectivity index (χ1n) is 9.13. The van der Waals surface area contributed by atoms with Gasteiger partial charge in [0.25, 0.3) is 0 Å². The average Bonchev–Trinajstić information content (AvgIpc) is 2.74. The number of nitrogens with zero attached hydrogens (tertiary/aromatic N) is 1. The number of halogens is 3. The molecule has 0 aliphatic carbocycles. The second-order valence-electron chi connectivity index (χ2n) is 6.28. The van der Waals surface area contributed by atoms with Crippen molar-refractivity contribution in [3.8, 4) is 23.3 Å². The van der Waals surface area contributed by atoms with Gasteiger partial charge in [-0.2, -0.15) is 13.2 Å². The van der Waals surface area contributed by atoms with Crippen molar-refractivity contribution < 1.29 is 22.6 Å². The summed E-state index contributed by atoms with van der Waals surface area (Å²) in [5, 5.41) is 6.25. The van der Waals surface area contributed by atoms with Crippen LogP contribution in [-0.2, 0) is 6.18 Å². The number of alkyl halides is 3. The smallest absolute Gasteiger partial charge is 0.416 e. The Balaban J connectivity index is 2.01. The quantitative estimate of drug-likeness (QED) is 0.437. The maximum absolute atomic E-state index is 12.8. The van der Waals surface area contributed by atoms with E-state index in [0.29, 0.717) is 23.0 Å². The third kappa shape index (κ3) is 6.34. The molecular weight excluding hydrogens is 395 g/mol. The summed E-state index contributed by atoms with van der Waals surface area (Å²) >= 11 is 0. The number of hydrogen-bond acceptors (Lipinski definition) is 3. The fourth-order valence-electron chi connectivity index (χ4n) is 2.70. The van der Waals surface area contributed by atoms with Crippen molar-refractivity contribution in [3.05, 3.63) is 59.2 Å². The fourth-order valence-corrected chi connectivity index (χ4v) is 2.70. The molecule has 0 saturated heterocycles. The number of ether oxygens (including phenoxy) is 2. The molecule has 8 heteroatoms. The molecule has 0 aliphatic rings. The molecule has 0 bridgehead atoms. The fraction of sp³-hybridized carbons (Fsp3) is 0.318. The first-order valence-corrected chi connectivity index (χ1v) is 9.13. The number of aliphatic imine (C=N–C) groups is 1. The van der Waals surface area contributed by atoms with E-state index in [1.807, 2.05) is 25.1 Å². The Kier molecular flexibility index (Phi) is 7.98. The molecule has 0 radical (unpaired) electrons. The lowest BCUT2D eigenvalue weighted by molar-refractivity contribution is -0.137. The van der Waals surface area contributed by atoms with Gasteiger partial charge < -0.3 is 20.1 Å². The maximum atomic E-state index is 12.8. The minimum absolute atomic E-state index is 0.155. The molecule has 0 fully saturated rings. The Bertz CT molecular complexity index is 947. The minimum Gasteiger partial charge on any atom is -0.497 e. The van der Waals surface area contributed by atoms with Gasteiger partial charge in [0, 0.05) is 18.2 Å². The second-order valence-corrected chi connectivity index (χ2v) is 6.28. The predicted molar refractivity (Wildman–Crippen MR) is 111 cm³/mol. The van der Waals surface area contributed by atoms with Crippen molar-refractivity contribution in [2.75, 3.05) is 27.8 Å². The SMILES string of the molecule is CN=C(NCC#Cc1cccc(C(F)(F)F)c1)NC(C)c1cc(OC)ccc1OC. The van der Waals surface area contributed by atoms with Gasteiger partial charge in [-0.3, -0.25) is 4.99 Å². The Hall–Kier alpha value is -3.34. The molecule has 0 aromatic heterocycles. The lowest BCUT2D eigenvalue weighted by Gasteiger charge is -2.20. The van der Waals surface area contributed by atoms with Gasteiger partial charge in [0.2, 0.25) is 0 Å². The highest BCUT2D eigenvalue weighted by Gasteiger charge is 2.30. The number of methoxy groups -OCH3 is 2. The normalized spacial score (nSPS) is 12.4. The van der Waals surface area contributed by atoms with Crippen LogP contribution in [-0.4, -0.2) is 33.8 Å². The predicted octanol–water partition coefficient (Wildman–Crippen LogP) is 4.00. The zero-order valence-corrected chi connectivity index (χ0v) is 17.2. The number of nitrogens with one attached hydrogen (secondary N) is 2. The van der Waals surface area contributed by atoms with Crippen LogP contribution in [0.15, 0.2) is 47.5 Å². The van der Waals surface area contributed by atoms with Crippen molar-refractivity contribution in [2.24, 2.45) is 4.99 Å². The molecule has 1 atom stereocenters. The molecule has 2 aromatic rings. The summed E-state index contributed by atoms with van der Waals surface area (Å²) in [6.45, 7) is 2.15. The van der Waals surface area contributed by atoms with E-state index in [2.05, 4.69) is 27.5 Å². The molecule has 0 amide bonds. The maximum Gasteiger partial charge on any atom is 0.416 e. The standard InChI is InChI=1S/C22H24F3N3O2/c1-15(19-14-18(29-3)10-11-20(19)30-4)28-21(26-2)27-12-6-8-16-7-5-9-17(13-16)22(23,24)25/h5,7,9-11,13-15H,12H2,1-4H3,(H2,26,27,28). The molecule has 0 spiro atoms. The van der Waals surface area contributed by atoms with Gasteiger partial charge in [0.05, 0.1) is 32.4 Å². The van der Waals surface area contributed by atoms with Gasteiger partial charge in [-0.1, -0.05) is 17.9 Å². The van der Waals surface area contributed by atoms with Crippen LogP contribution in [0.5, 0.6) is 11.5 Å². The lowest BCUT2D eigenvalue weighted by atomic mass is 10.1. The summed E-state index contributed by atoms with van der Waals surface area (Å²) in [6, 6.07) is 10.3. The number of rotatable bonds is 5. The summed E-state index contributed by atoms with van der Waals surface area (Å²) in [5.41, 5.74) is 0.458. The molecule has 160 valence electrons. The van der Waals surface area contributed by atoms with E-state index in [1.54, 1.807) is 21.3 Å². The highest BCUT2D eigenvalue weighted by atomic mass is 19.4. The van der Waals surface area contributed by atoms with Crippen LogP contribution in [0.25, 0.3) is 0 Å². The molecule has 2 aromatic carbocycles. The van der Waals surface area contributed by atoms with Gasteiger partial charge >= 0.3 is 6.18 Å². The highest BCUT2D eigenvalue weighted by Crippen LogP contribution is 2.30. The zero-order valence-electron chi connectivity index (χ0n) is 17.2. The van der Waals surface area contributed by atoms with E-state index in [-0.39, 0.29) is 12.6 Å². The monoisotopic (exact) mass is 419 g/mol. The zero-order chi connectivity index (χ0) is 22.1. The van der Waals surface area contributed by atoms with E-state index in [9.17, 15) is 13.2 Å². The largest absolute Gasteiger partial charge is 0.497 e. The van der Waals surface area contributed by atoms with Gasteiger partial charge in [0.15, 0.2) is 5.96 Å². The molecule has 30 heavy (non-hydrogen) atoms. The van der Waals surface area contributed by atoms with E-state index < -0.39 is 11.7 Å². The molecule has 2 rings (SSSR count). The van der Waals surface area contributed by atoms with Crippen LogP contribution in [0.2, 0.25) is 0 Å². The van der Waals surface area contributed by atoms with Gasteiger partial charge in [0.1, 0.15) is 11.5 Å². The lowest BCUT2D eigenvalue weighted by Crippen LogP contribution is -2.38. The summed E-state index contributed by atoms with van der Waals surface area (Å²) in [6.07, 6.45) is -4.39. The van der Waals surface area contributed by atoms with Crippen LogP contribution in [0.3, 0.4) is 0 Å². The third-order valence-electron chi connectivity index (χ3n) is 4.25. The average molecular weight is 419 g/mol. The van der Waals surface area contributed by atoms with Crippen LogP contribution in [0.4, 0.5) is 13.2 Å². The Labute approximate surface area is 174 Å². The third-order valence-corrected chi connectivity index (χ3v) is 4.25. The molecule has 1 unspecified atom stereocenters. The highest BCUT2D eigenvalue weighted by molar-refractivity contribution is 5.80. The molecule has 5 nitrogen and oxygen atoms in total. The number of hydrogen-bond donors (Lipinski definition) is 2. The van der Waals surface area contributed by atoms with Gasteiger partial charge in [-0.05, 0) is 43.3 Å². The molecular formula is C22H24F3N3O2. The molecule has 2 N–H and O–H groups in total. The van der Waals surface area contributed by atoms with E-state index >= 15 is 0 Å². The molecule has 0 saturated carbocycles. The van der Waals surface area contributed by atoms with Crippen molar-refractivity contribution >= 4 is 5.96 Å². The first-order chi connectivity index (χ1) is 14.3. The van der Waals surface area contributed by atoms with Gasteiger partial charge in [-0.25, -0.2) is 0 Å². The Morgan fingerprint density at radius 1 is 1.13 bits per heavy atom. The van der Waals surface area contributed by atoms with E-state index in [1.165, 1.54) is 12.1 Å². The van der Waals surface area contributed by atoms with Crippen LogP contribution in [0, 0.1) is 11.8 Å². The second kappa shape index (κ2) is 10.4. The summed E-state index contributed by atoms with van der Waals surface area (Å²) < 4.78 is 49.0. The van der Waals surface area contributed by atoms with Crippen molar-refractivity contribution in [3.63, 3.8) is 0 Å².